The third-order valence-corrected chi connectivity index (χ3v) is 3.25. The predicted molar refractivity (Wildman–Crippen MR) is 62.6 cm³/mol. The van der Waals surface area contributed by atoms with E-state index in [0.717, 1.165) is 29.8 Å². The largest absolute Gasteiger partial charge is 0.497 e. The van der Waals surface area contributed by atoms with Crippen molar-refractivity contribution in [1.29, 1.82) is 0 Å². The minimum Gasteiger partial charge on any atom is -0.497 e. The first-order chi connectivity index (χ1) is 7.65. The third kappa shape index (κ3) is 2.05. The molecular formula is C13H18FNO. The molecule has 3 heteroatoms. The lowest BCUT2D eigenvalue weighted by Gasteiger charge is -2.31. The van der Waals surface area contributed by atoms with Gasteiger partial charge in [-0.2, -0.15) is 0 Å². The molecule has 1 heterocycles. The number of hydrogen-bond acceptors (Lipinski definition) is 2. The molecule has 2 nitrogen and oxygen atoms in total. The van der Waals surface area contributed by atoms with E-state index in [0.29, 0.717) is 13.0 Å². The van der Waals surface area contributed by atoms with Gasteiger partial charge in [0.2, 0.25) is 0 Å². The third-order valence-electron chi connectivity index (χ3n) is 3.25. The van der Waals surface area contributed by atoms with Gasteiger partial charge in [0.25, 0.3) is 0 Å². The zero-order chi connectivity index (χ0) is 11.6. The highest BCUT2D eigenvalue weighted by atomic mass is 19.1. The molecule has 0 spiro atoms. The number of nitrogens with one attached hydrogen (secondary N) is 1. The topological polar surface area (TPSA) is 21.3 Å². The lowest BCUT2D eigenvalue weighted by Crippen LogP contribution is -2.40. The Morgan fingerprint density at radius 1 is 1.44 bits per heavy atom. The van der Waals surface area contributed by atoms with Gasteiger partial charge >= 0.3 is 0 Å². The predicted octanol–water partition coefficient (Wildman–Crippen LogP) is 2.55. The summed E-state index contributed by atoms with van der Waals surface area (Å²) in [6, 6.07) is 5.57. The van der Waals surface area contributed by atoms with Gasteiger partial charge in [-0.3, -0.25) is 0 Å². The molecule has 88 valence electrons. The number of rotatable bonds is 2. The van der Waals surface area contributed by atoms with Crippen molar-refractivity contribution in [3.05, 3.63) is 29.3 Å². The summed E-state index contributed by atoms with van der Waals surface area (Å²) in [5.41, 5.74) is 0.542. The van der Waals surface area contributed by atoms with Crippen LogP contribution in [0.5, 0.6) is 5.75 Å². The van der Waals surface area contributed by atoms with E-state index in [9.17, 15) is 4.39 Å². The van der Waals surface area contributed by atoms with Crippen LogP contribution >= 0.6 is 0 Å². The van der Waals surface area contributed by atoms with Gasteiger partial charge < -0.3 is 10.1 Å². The second kappa shape index (κ2) is 4.42. The molecule has 0 radical (unpaired) electrons. The highest BCUT2D eigenvalue weighted by Crippen LogP contribution is 2.35. The lowest BCUT2D eigenvalue weighted by atomic mass is 9.86. The molecule has 2 rings (SSSR count). The summed E-state index contributed by atoms with van der Waals surface area (Å²) in [4.78, 5) is 0. The fourth-order valence-electron chi connectivity index (χ4n) is 2.36. The van der Waals surface area contributed by atoms with Crippen LogP contribution in [0.15, 0.2) is 18.2 Å². The molecule has 1 atom stereocenters. The van der Waals surface area contributed by atoms with Crippen molar-refractivity contribution in [3.63, 3.8) is 0 Å². The molecule has 1 N–H and O–H groups in total. The molecule has 1 aromatic rings. The van der Waals surface area contributed by atoms with E-state index in [1.54, 1.807) is 7.11 Å². The van der Waals surface area contributed by atoms with Crippen LogP contribution in [-0.4, -0.2) is 20.2 Å². The first-order valence-corrected chi connectivity index (χ1v) is 5.70. The molecule has 1 aromatic carbocycles. The normalized spacial score (nSPS) is 25.4. The highest BCUT2D eigenvalue weighted by molar-refractivity contribution is 5.38. The SMILES string of the molecule is COc1ccc(C2(F)CCCNC2)c(C)c1. The summed E-state index contributed by atoms with van der Waals surface area (Å²) in [5, 5.41) is 3.12. The Balaban J connectivity index is 2.32. The molecule has 0 amide bonds. The summed E-state index contributed by atoms with van der Waals surface area (Å²) in [7, 11) is 1.63. The van der Waals surface area contributed by atoms with Gasteiger partial charge in [0.15, 0.2) is 0 Å². The van der Waals surface area contributed by atoms with Crippen LogP contribution in [0.3, 0.4) is 0 Å². The van der Waals surface area contributed by atoms with Crippen LogP contribution < -0.4 is 10.1 Å². The van der Waals surface area contributed by atoms with Crippen LogP contribution in [0.2, 0.25) is 0 Å². The van der Waals surface area contributed by atoms with Gasteiger partial charge in [-0.25, -0.2) is 4.39 Å². The molecular weight excluding hydrogens is 205 g/mol. The second-order valence-electron chi connectivity index (χ2n) is 4.43. The number of halogens is 1. The molecule has 0 aliphatic carbocycles. The quantitative estimate of drug-likeness (QED) is 0.832. The molecule has 0 saturated carbocycles. The Kier molecular flexibility index (Phi) is 3.15. The van der Waals surface area contributed by atoms with Crippen molar-refractivity contribution in [3.8, 4) is 5.75 Å². The zero-order valence-electron chi connectivity index (χ0n) is 9.85. The van der Waals surface area contributed by atoms with Crippen LogP contribution in [0.25, 0.3) is 0 Å². The number of hydrogen-bond donors (Lipinski definition) is 1. The molecule has 1 fully saturated rings. The Hall–Kier alpha value is -1.09. The van der Waals surface area contributed by atoms with E-state index in [-0.39, 0.29) is 0 Å². The average molecular weight is 223 g/mol. The zero-order valence-corrected chi connectivity index (χ0v) is 9.85. The first kappa shape index (κ1) is 11.4. The number of methoxy groups -OCH3 is 1. The van der Waals surface area contributed by atoms with E-state index in [1.165, 1.54) is 0 Å². The monoisotopic (exact) mass is 223 g/mol. The molecule has 16 heavy (non-hydrogen) atoms. The Bertz CT molecular complexity index is 372. The Labute approximate surface area is 95.8 Å². The van der Waals surface area contributed by atoms with Crippen LogP contribution in [-0.2, 0) is 5.67 Å². The second-order valence-corrected chi connectivity index (χ2v) is 4.43. The highest BCUT2D eigenvalue weighted by Gasteiger charge is 2.34. The maximum atomic E-state index is 14.7. The summed E-state index contributed by atoms with van der Waals surface area (Å²) in [5.74, 6) is 0.786. The van der Waals surface area contributed by atoms with Gasteiger partial charge in [0.1, 0.15) is 11.4 Å². The number of benzene rings is 1. The van der Waals surface area contributed by atoms with Gasteiger partial charge in [0, 0.05) is 6.54 Å². The van der Waals surface area contributed by atoms with Crippen molar-refractivity contribution in [1.82, 2.24) is 5.32 Å². The minimum atomic E-state index is -1.21. The first-order valence-electron chi connectivity index (χ1n) is 5.70. The van der Waals surface area contributed by atoms with E-state index >= 15 is 0 Å². The van der Waals surface area contributed by atoms with Crippen LogP contribution in [0, 0.1) is 6.92 Å². The van der Waals surface area contributed by atoms with Crippen molar-refractivity contribution < 1.29 is 9.13 Å². The fraction of sp³-hybridized carbons (Fsp3) is 0.538. The molecule has 1 saturated heterocycles. The molecule has 0 aromatic heterocycles. The Morgan fingerprint density at radius 2 is 2.25 bits per heavy atom. The Morgan fingerprint density at radius 3 is 2.81 bits per heavy atom. The molecule has 1 aliphatic rings. The number of aryl methyl sites for hydroxylation is 1. The molecule has 1 aliphatic heterocycles. The fourth-order valence-corrected chi connectivity index (χ4v) is 2.36. The summed E-state index contributed by atoms with van der Waals surface area (Å²) < 4.78 is 19.8. The van der Waals surface area contributed by atoms with Crippen molar-refractivity contribution >= 4 is 0 Å². The van der Waals surface area contributed by atoms with E-state index in [2.05, 4.69) is 5.32 Å². The lowest BCUT2D eigenvalue weighted by molar-refractivity contribution is 0.121. The van der Waals surface area contributed by atoms with E-state index in [1.807, 2.05) is 25.1 Å². The average Bonchev–Trinajstić information content (AvgIpc) is 2.29. The maximum Gasteiger partial charge on any atom is 0.148 e. The van der Waals surface area contributed by atoms with Gasteiger partial charge in [-0.1, -0.05) is 6.07 Å². The molecule has 0 bridgehead atoms. The smallest absolute Gasteiger partial charge is 0.148 e. The summed E-state index contributed by atoms with van der Waals surface area (Å²) in [6.07, 6.45) is 1.50. The van der Waals surface area contributed by atoms with E-state index < -0.39 is 5.67 Å². The summed E-state index contributed by atoms with van der Waals surface area (Å²) >= 11 is 0. The van der Waals surface area contributed by atoms with Crippen molar-refractivity contribution in [2.24, 2.45) is 0 Å². The molecule has 1 unspecified atom stereocenters. The van der Waals surface area contributed by atoms with Crippen LogP contribution in [0.1, 0.15) is 24.0 Å². The summed E-state index contributed by atoms with van der Waals surface area (Å²) in [6.45, 7) is 3.27. The van der Waals surface area contributed by atoms with Gasteiger partial charge in [-0.15, -0.1) is 0 Å². The van der Waals surface area contributed by atoms with Crippen LogP contribution in [0.4, 0.5) is 4.39 Å². The standard InChI is InChI=1S/C13H18FNO/c1-10-8-11(16-2)4-5-12(10)13(14)6-3-7-15-9-13/h4-5,8,15H,3,6-7,9H2,1-2H3. The number of ether oxygens (including phenoxy) is 1. The minimum absolute atomic E-state index is 0.417. The van der Waals surface area contributed by atoms with Crippen molar-refractivity contribution in [2.75, 3.05) is 20.2 Å². The number of piperidine rings is 1. The maximum absolute atomic E-state index is 14.7. The van der Waals surface area contributed by atoms with Gasteiger partial charge in [-0.05, 0) is 49.6 Å². The number of alkyl halides is 1. The van der Waals surface area contributed by atoms with E-state index in [4.69, 9.17) is 4.74 Å². The van der Waals surface area contributed by atoms with Gasteiger partial charge in [0.05, 0.1) is 7.11 Å². The van der Waals surface area contributed by atoms with Crippen molar-refractivity contribution in [2.45, 2.75) is 25.4 Å².